The number of benzene rings is 1. The number of carbonyl (C=O) groups excluding carboxylic acids is 1. The summed E-state index contributed by atoms with van der Waals surface area (Å²) in [4.78, 5) is 14.1. The molecule has 0 heterocycles. The van der Waals surface area contributed by atoms with Gasteiger partial charge in [-0.1, -0.05) is 30.3 Å². The second kappa shape index (κ2) is 7.92. The summed E-state index contributed by atoms with van der Waals surface area (Å²) in [5.41, 5.74) is 6.86. The molecule has 1 aromatic rings. The Morgan fingerprint density at radius 3 is 2.42 bits per heavy atom. The summed E-state index contributed by atoms with van der Waals surface area (Å²) in [6, 6.07) is 9.95. The lowest BCUT2D eigenvalue weighted by Gasteiger charge is -2.29. The van der Waals surface area contributed by atoms with Gasteiger partial charge in [-0.15, -0.1) is 0 Å². The Balaban J connectivity index is 2.75. The Morgan fingerprint density at radius 1 is 1.32 bits per heavy atom. The topological polar surface area (TPSA) is 66.6 Å². The summed E-state index contributed by atoms with van der Waals surface area (Å²) in [6.45, 7) is 4.56. The number of nitrogens with two attached hydrogens (primary N) is 1. The van der Waals surface area contributed by atoms with E-state index in [1.54, 1.807) is 4.90 Å². The van der Waals surface area contributed by atoms with Crippen LogP contribution in [0.2, 0.25) is 0 Å². The van der Waals surface area contributed by atoms with E-state index in [0.29, 0.717) is 19.5 Å². The van der Waals surface area contributed by atoms with Crippen molar-refractivity contribution in [1.82, 2.24) is 4.90 Å². The highest BCUT2D eigenvalue weighted by atomic mass is 16.3. The Hall–Kier alpha value is -1.39. The van der Waals surface area contributed by atoms with E-state index in [1.165, 1.54) is 0 Å². The monoisotopic (exact) mass is 264 g/mol. The van der Waals surface area contributed by atoms with Gasteiger partial charge in [-0.25, -0.2) is 0 Å². The van der Waals surface area contributed by atoms with Crippen LogP contribution >= 0.6 is 0 Å². The normalized spacial score (nSPS) is 12.5. The smallest absolute Gasteiger partial charge is 0.227 e. The fourth-order valence-electron chi connectivity index (χ4n) is 2.14. The number of amides is 1. The third kappa shape index (κ3) is 4.65. The SMILES string of the molecule is CC(C)N(CCO)C(=O)C(CN)Cc1ccccc1. The Bertz CT molecular complexity index is 379. The average Bonchev–Trinajstić information content (AvgIpc) is 2.42. The molecule has 0 spiro atoms. The molecule has 3 N–H and O–H groups in total. The van der Waals surface area contributed by atoms with Crippen molar-refractivity contribution in [2.45, 2.75) is 26.3 Å². The largest absolute Gasteiger partial charge is 0.395 e. The maximum absolute atomic E-state index is 12.4. The molecule has 0 saturated heterocycles. The lowest BCUT2D eigenvalue weighted by Crippen LogP contribution is -2.45. The third-order valence-corrected chi connectivity index (χ3v) is 3.21. The Kier molecular flexibility index (Phi) is 6.53. The molecular weight excluding hydrogens is 240 g/mol. The average molecular weight is 264 g/mol. The van der Waals surface area contributed by atoms with Gasteiger partial charge in [0.15, 0.2) is 0 Å². The van der Waals surface area contributed by atoms with Crippen LogP contribution in [0.15, 0.2) is 30.3 Å². The van der Waals surface area contributed by atoms with Gasteiger partial charge >= 0.3 is 0 Å². The zero-order valence-electron chi connectivity index (χ0n) is 11.7. The highest BCUT2D eigenvalue weighted by molar-refractivity contribution is 5.79. The van der Waals surface area contributed by atoms with Crippen molar-refractivity contribution in [3.8, 4) is 0 Å². The Morgan fingerprint density at radius 2 is 1.95 bits per heavy atom. The molecule has 1 atom stereocenters. The van der Waals surface area contributed by atoms with Crippen molar-refractivity contribution < 1.29 is 9.90 Å². The van der Waals surface area contributed by atoms with E-state index in [1.807, 2.05) is 44.2 Å². The molecule has 1 unspecified atom stereocenters. The van der Waals surface area contributed by atoms with Gasteiger partial charge in [0.2, 0.25) is 5.91 Å². The van der Waals surface area contributed by atoms with Gasteiger partial charge in [0.25, 0.3) is 0 Å². The first-order chi connectivity index (χ1) is 9.10. The van der Waals surface area contributed by atoms with Gasteiger partial charge in [0, 0.05) is 19.1 Å². The summed E-state index contributed by atoms with van der Waals surface area (Å²) in [6.07, 6.45) is 0.644. The molecule has 0 aliphatic rings. The number of aliphatic hydroxyl groups is 1. The van der Waals surface area contributed by atoms with Crippen molar-refractivity contribution in [1.29, 1.82) is 0 Å². The zero-order valence-corrected chi connectivity index (χ0v) is 11.7. The van der Waals surface area contributed by atoms with Crippen molar-refractivity contribution in [2.24, 2.45) is 11.7 Å². The van der Waals surface area contributed by atoms with Crippen LogP contribution in [0.5, 0.6) is 0 Å². The van der Waals surface area contributed by atoms with Gasteiger partial charge in [-0.05, 0) is 25.8 Å². The lowest BCUT2D eigenvalue weighted by molar-refractivity contribution is -0.137. The van der Waals surface area contributed by atoms with Crippen LogP contribution in [0.1, 0.15) is 19.4 Å². The molecular formula is C15H24N2O2. The molecule has 0 saturated carbocycles. The van der Waals surface area contributed by atoms with Gasteiger partial charge in [-0.3, -0.25) is 4.79 Å². The second-order valence-corrected chi connectivity index (χ2v) is 4.97. The van der Waals surface area contributed by atoms with Crippen LogP contribution in [0.25, 0.3) is 0 Å². The minimum Gasteiger partial charge on any atom is -0.395 e. The summed E-state index contributed by atoms with van der Waals surface area (Å²) in [5, 5.41) is 9.05. The van der Waals surface area contributed by atoms with Crippen molar-refractivity contribution in [3.63, 3.8) is 0 Å². The molecule has 0 fully saturated rings. The van der Waals surface area contributed by atoms with Gasteiger partial charge in [0.1, 0.15) is 0 Å². The van der Waals surface area contributed by atoms with Crippen LogP contribution in [-0.4, -0.2) is 41.7 Å². The van der Waals surface area contributed by atoms with E-state index in [-0.39, 0.29) is 24.5 Å². The number of nitrogens with zero attached hydrogens (tertiary/aromatic N) is 1. The maximum Gasteiger partial charge on any atom is 0.227 e. The standard InChI is InChI=1S/C15H24N2O2/c1-12(2)17(8-9-18)15(19)14(11-16)10-13-6-4-3-5-7-13/h3-7,12,14,18H,8-11,16H2,1-2H3. The van der Waals surface area contributed by atoms with E-state index in [4.69, 9.17) is 10.8 Å². The van der Waals surface area contributed by atoms with Crippen LogP contribution in [0, 0.1) is 5.92 Å². The zero-order chi connectivity index (χ0) is 14.3. The van der Waals surface area contributed by atoms with Crippen molar-refractivity contribution >= 4 is 5.91 Å². The molecule has 0 radical (unpaired) electrons. The summed E-state index contributed by atoms with van der Waals surface area (Å²) >= 11 is 0. The van der Waals surface area contributed by atoms with Gasteiger partial charge in [-0.2, -0.15) is 0 Å². The molecule has 0 aliphatic heterocycles. The van der Waals surface area contributed by atoms with E-state index in [0.717, 1.165) is 5.56 Å². The Labute approximate surface area is 115 Å². The van der Waals surface area contributed by atoms with E-state index >= 15 is 0 Å². The fourth-order valence-corrected chi connectivity index (χ4v) is 2.14. The number of hydrogen-bond acceptors (Lipinski definition) is 3. The van der Waals surface area contributed by atoms with Crippen LogP contribution in [-0.2, 0) is 11.2 Å². The summed E-state index contributed by atoms with van der Waals surface area (Å²) < 4.78 is 0. The molecule has 106 valence electrons. The quantitative estimate of drug-likeness (QED) is 0.773. The first-order valence-electron chi connectivity index (χ1n) is 6.75. The maximum atomic E-state index is 12.4. The van der Waals surface area contributed by atoms with Gasteiger partial charge < -0.3 is 15.7 Å². The number of carbonyl (C=O) groups is 1. The van der Waals surface area contributed by atoms with Crippen molar-refractivity contribution in [2.75, 3.05) is 19.7 Å². The fraction of sp³-hybridized carbons (Fsp3) is 0.533. The molecule has 19 heavy (non-hydrogen) atoms. The predicted molar refractivity (Wildman–Crippen MR) is 76.6 cm³/mol. The predicted octanol–water partition coefficient (Wildman–Crippen LogP) is 1.03. The van der Waals surface area contributed by atoms with Gasteiger partial charge in [0.05, 0.1) is 12.5 Å². The third-order valence-electron chi connectivity index (χ3n) is 3.21. The molecule has 1 aromatic carbocycles. The molecule has 0 bridgehead atoms. The van der Waals surface area contributed by atoms with Crippen LogP contribution < -0.4 is 5.73 Å². The van der Waals surface area contributed by atoms with Crippen LogP contribution in [0.4, 0.5) is 0 Å². The van der Waals surface area contributed by atoms with E-state index in [2.05, 4.69) is 0 Å². The van der Waals surface area contributed by atoms with E-state index < -0.39 is 0 Å². The summed E-state index contributed by atoms with van der Waals surface area (Å²) in [7, 11) is 0. The first kappa shape index (κ1) is 15.7. The highest BCUT2D eigenvalue weighted by Gasteiger charge is 2.24. The molecule has 4 nitrogen and oxygen atoms in total. The van der Waals surface area contributed by atoms with Crippen molar-refractivity contribution in [3.05, 3.63) is 35.9 Å². The molecule has 0 aliphatic carbocycles. The molecule has 1 amide bonds. The van der Waals surface area contributed by atoms with E-state index in [9.17, 15) is 4.79 Å². The number of hydrogen-bond donors (Lipinski definition) is 2. The molecule has 4 heteroatoms. The lowest BCUT2D eigenvalue weighted by atomic mass is 9.97. The summed E-state index contributed by atoms with van der Waals surface area (Å²) in [5.74, 6) is -0.202. The number of rotatable bonds is 7. The minimum absolute atomic E-state index is 0.0213. The minimum atomic E-state index is -0.226. The first-order valence-corrected chi connectivity index (χ1v) is 6.75. The number of aliphatic hydroxyl groups excluding tert-OH is 1. The molecule has 0 aromatic heterocycles. The second-order valence-electron chi connectivity index (χ2n) is 4.97. The molecule has 1 rings (SSSR count). The van der Waals surface area contributed by atoms with Crippen LogP contribution in [0.3, 0.4) is 0 Å². The highest BCUT2D eigenvalue weighted by Crippen LogP contribution is 2.13.